The van der Waals surface area contributed by atoms with Crippen molar-refractivity contribution in [3.05, 3.63) is 46.8 Å². The minimum atomic E-state index is -0.373. The van der Waals surface area contributed by atoms with Crippen LogP contribution in [0.25, 0.3) is 11.3 Å². The van der Waals surface area contributed by atoms with Crippen molar-refractivity contribution < 1.29 is 9.31 Å². The zero-order chi connectivity index (χ0) is 16.0. The van der Waals surface area contributed by atoms with E-state index in [1.54, 1.807) is 6.07 Å². The topological polar surface area (TPSA) is 64.2 Å². The van der Waals surface area contributed by atoms with Gasteiger partial charge in [-0.15, -0.1) is 0 Å². The van der Waals surface area contributed by atoms with Gasteiger partial charge in [0, 0.05) is 11.6 Å². The molecule has 0 saturated carbocycles. The molecule has 1 aliphatic rings. The minimum Gasteiger partial charge on any atom is -0.399 e. The predicted molar refractivity (Wildman–Crippen MR) is 86.0 cm³/mol. The monoisotopic (exact) mass is 298 g/mol. The quantitative estimate of drug-likeness (QED) is 0.858. The van der Waals surface area contributed by atoms with Crippen LogP contribution in [-0.4, -0.2) is 28.5 Å². The van der Waals surface area contributed by atoms with Crippen LogP contribution >= 0.6 is 0 Å². The molecule has 0 bridgehead atoms. The van der Waals surface area contributed by atoms with Crippen molar-refractivity contribution in [2.24, 2.45) is 0 Å². The van der Waals surface area contributed by atoms with Gasteiger partial charge in [-0.3, -0.25) is 4.79 Å². The lowest BCUT2D eigenvalue weighted by Gasteiger charge is -2.32. The molecule has 0 radical (unpaired) electrons. The van der Waals surface area contributed by atoms with Crippen LogP contribution in [0.3, 0.4) is 0 Å². The van der Waals surface area contributed by atoms with Crippen LogP contribution in [0, 0.1) is 0 Å². The lowest BCUT2D eigenvalue weighted by molar-refractivity contribution is 0.00578. The molecule has 114 valence electrons. The predicted octanol–water partition coefficient (Wildman–Crippen LogP) is 1.74. The van der Waals surface area contributed by atoms with Gasteiger partial charge in [-0.05, 0) is 39.2 Å². The van der Waals surface area contributed by atoms with Crippen molar-refractivity contribution >= 4 is 12.6 Å². The molecule has 3 rings (SSSR count). The van der Waals surface area contributed by atoms with E-state index >= 15 is 0 Å². The molecule has 2 heterocycles. The van der Waals surface area contributed by atoms with Gasteiger partial charge >= 0.3 is 7.12 Å². The smallest absolute Gasteiger partial charge is 0.399 e. The van der Waals surface area contributed by atoms with Gasteiger partial charge in [-0.1, -0.05) is 24.3 Å². The Morgan fingerprint density at radius 3 is 2.05 bits per heavy atom. The van der Waals surface area contributed by atoms with Crippen molar-refractivity contribution in [1.29, 1.82) is 0 Å². The normalized spacial score (nSPS) is 19.4. The van der Waals surface area contributed by atoms with E-state index in [0.29, 0.717) is 0 Å². The van der Waals surface area contributed by atoms with Crippen molar-refractivity contribution in [1.82, 2.24) is 10.2 Å². The van der Waals surface area contributed by atoms with E-state index in [1.807, 2.05) is 52.0 Å². The van der Waals surface area contributed by atoms with E-state index in [0.717, 1.165) is 16.7 Å². The highest BCUT2D eigenvalue weighted by Crippen LogP contribution is 2.36. The summed E-state index contributed by atoms with van der Waals surface area (Å²) in [6, 6.07) is 11.0. The number of H-pyrrole nitrogens is 1. The molecule has 0 aliphatic carbocycles. The molecule has 1 saturated heterocycles. The summed E-state index contributed by atoms with van der Waals surface area (Å²) in [6.07, 6.45) is 0. The first-order chi connectivity index (χ1) is 10.3. The van der Waals surface area contributed by atoms with Crippen LogP contribution in [0.2, 0.25) is 0 Å². The average Bonchev–Trinajstić information content (AvgIpc) is 2.68. The second kappa shape index (κ2) is 5.07. The molecule has 22 heavy (non-hydrogen) atoms. The van der Waals surface area contributed by atoms with E-state index in [-0.39, 0.29) is 23.9 Å². The number of hydrogen-bond acceptors (Lipinski definition) is 4. The molecular weight excluding hydrogens is 279 g/mol. The van der Waals surface area contributed by atoms with Gasteiger partial charge in [-0.2, -0.15) is 5.10 Å². The zero-order valence-corrected chi connectivity index (χ0v) is 13.2. The van der Waals surface area contributed by atoms with Crippen molar-refractivity contribution in [2.75, 3.05) is 0 Å². The number of rotatable bonds is 2. The van der Waals surface area contributed by atoms with Gasteiger partial charge in [-0.25, -0.2) is 5.10 Å². The minimum absolute atomic E-state index is 0.211. The number of benzene rings is 1. The number of nitrogens with zero attached hydrogens (tertiary/aromatic N) is 1. The molecule has 1 N–H and O–H groups in total. The van der Waals surface area contributed by atoms with Crippen molar-refractivity contribution in [3.63, 3.8) is 0 Å². The van der Waals surface area contributed by atoms with E-state index in [2.05, 4.69) is 10.2 Å². The van der Waals surface area contributed by atoms with Crippen LogP contribution in [0.4, 0.5) is 0 Å². The van der Waals surface area contributed by atoms with Gasteiger partial charge in [0.1, 0.15) is 0 Å². The summed E-state index contributed by atoms with van der Waals surface area (Å²) in [5.74, 6) is 0. The van der Waals surface area contributed by atoms with E-state index in [1.165, 1.54) is 6.07 Å². The number of hydrogen-bond donors (Lipinski definition) is 1. The van der Waals surface area contributed by atoms with E-state index in [9.17, 15) is 4.79 Å². The molecule has 2 aromatic rings. The third kappa shape index (κ3) is 2.60. The third-order valence-corrected chi connectivity index (χ3v) is 4.41. The first kappa shape index (κ1) is 15.0. The molecule has 0 atom stereocenters. The van der Waals surface area contributed by atoms with Gasteiger partial charge in [0.15, 0.2) is 0 Å². The molecule has 5 nitrogen and oxygen atoms in total. The van der Waals surface area contributed by atoms with Crippen LogP contribution in [0.1, 0.15) is 27.7 Å². The largest absolute Gasteiger partial charge is 0.494 e. The summed E-state index contributed by atoms with van der Waals surface area (Å²) >= 11 is 0. The number of nitrogens with one attached hydrogen (secondary N) is 1. The van der Waals surface area contributed by atoms with Crippen LogP contribution in [0.5, 0.6) is 0 Å². The van der Waals surface area contributed by atoms with Gasteiger partial charge in [0.25, 0.3) is 5.56 Å². The van der Waals surface area contributed by atoms with Crippen molar-refractivity contribution in [3.8, 4) is 11.3 Å². The average molecular weight is 298 g/mol. The zero-order valence-electron chi connectivity index (χ0n) is 13.2. The standard InChI is InChI=1S/C16H19BN2O3/c1-15(2)16(3,4)22-17(21-15)12-7-5-11(6-8-12)13-9-10-14(20)19-18-13/h5-10H,1-4H3,(H,19,20). The number of aromatic nitrogens is 2. The second-order valence-electron chi connectivity index (χ2n) is 6.52. The summed E-state index contributed by atoms with van der Waals surface area (Å²) in [5.41, 5.74) is 1.70. The van der Waals surface area contributed by atoms with Crippen LogP contribution in [-0.2, 0) is 9.31 Å². The summed E-state index contributed by atoms with van der Waals surface area (Å²) in [7, 11) is -0.373. The fourth-order valence-corrected chi connectivity index (χ4v) is 2.30. The highest BCUT2D eigenvalue weighted by Gasteiger charge is 2.51. The molecule has 1 aliphatic heterocycles. The van der Waals surface area contributed by atoms with Crippen LogP contribution in [0.15, 0.2) is 41.2 Å². The van der Waals surface area contributed by atoms with Gasteiger partial charge in [0.05, 0.1) is 16.9 Å². The Morgan fingerprint density at radius 2 is 1.55 bits per heavy atom. The SMILES string of the molecule is CC1(C)OB(c2ccc(-c3ccc(=O)[nH]n3)cc2)OC1(C)C. The van der Waals surface area contributed by atoms with Crippen LogP contribution < -0.4 is 11.0 Å². The van der Waals surface area contributed by atoms with E-state index in [4.69, 9.17) is 9.31 Å². The van der Waals surface area contributed by atoms with Gasteiger partial charge < -0.3 is 9.31 Å². The molecule has 1 aromatic carbocycles. The molecule has 0 unspecified atom stereocenters. The van der Waals surface area contributed by atoms with E-state index < -0.39 is 0 Å². The lowest BCUT2D eigenvalue weighted by atomic mass is 9.79. The fourth-order valence-electron chi connectivity index (χ4n) is 2.30. The Hall–Kier alpha value is -1.92. The Kier molecular flexibility index (Phi) is 3.46. The summed E-state index contributed by atoms with van der Waals surface area (Å²) in [5, 5.41) is 6.46. The van der Waals surface area contributed by atoms with Crippen molar-refractivity contribution in [2.45, 2.75) is 38.9 Å². The first-order valence-electron chi connectivity index (χ1n) is 7.30. The highest BCUT2D eigenvalue weighted by atomic mass is 16.7. The van der Waals surface area contributed by atoms with Gasteiger partial charge in [0.2, 0.25) is 0 Å². The maximum atomic E-state index is 11.1. The lowest BCUT2D eigenvalue weighted by Crippen LogP contribution is -2.41. The highest BCUT2D eigenvalue weighted by molar-refractivity contribution is 6.62. The molecule has 1 fully saturated rings. The Morgan fingerprint density at radius 1 is 0.955 bits per heavy atom. The summed E-state index contributed by atoms with van der Waals surface area (Å²) < 4.78 is 12.1. The fraction of sp³-hybridized carbons (Fsp3) is 0.375. The maximum Gasteiger partial charge on any atom is 0.494 e. The third-order valence-electron chi connectivity index (χ3n) is 4.41. The Labute approximate surface area is 129 Å². The molecule has 1 aromatic heterocycles. The second-order valence-corrected chi connectivity index (χ2v) is 6.52. The maximum absolute atomic E-state index is 11.1. The summed E-state index contributed by atoms with van der Waals surface area (Å²) in [4.78, 5) is 11.1. The number of aromatic amines is 1. The first-order valence-corrected chi connectivity index (χ1v) is 7.30. The molecule has 6 heteroatoms. The molecule has 0 spiro atoms. The Balaban J connectivity index is 1.84. The Bertz CT molecular complexity index is 701. The molecule has 0 amide bonds. The molecular formula is C16H19BN2O3. The summed E-state index contributed by atoms with van der Waals surface area (Å²) in [6.45, 7) is 8.13.